The van der Waals surface area contributed by atoms with E-state index in [1.807, 2.05) is 0 Å². The third-order valence-electron chi connectivity index (χ3n) is 11.3. The second-order valence-electron chi connectivity index (χ2n) is 20.7. The van der Waals surface area contributed by atoms with E-state index in [2.05, 4.69) is 128 Å². The summed E-state index contributed by atoms with van der Waals surface area (Å²) in [4.78, 5) is 12.9. The lowest BCUT2D eigenvalue weighted by molar-refractivity contribution is 0.110. The fourth-order valence-electron chi connectivity index (χ4n) is 7.65. The van der Waals surface area contributed by atoms with Gasteiger partial charge in [0.2, 0.25) is 0 Å². The van der Waals surface area contributed by atoms with Crippen LogP contribution in [0.5, 0.6) is 0 Å². The summed E-state index contributed by atoms with van der Waals surface area (Å²) in [6.45, 7) is 47.6. The molecule has 0 bridgehead atoms. The van der Waals surface area contributed by atoms with Gasteiger partial charge in [0.05, 0.1) is 0 Å². The van der Waals surface area contributed by atoms with Gasteiger partial charge in [-0.3, -0.25) is 24.5 Å². The molecule has 0 saturated carbocycles. The molecule has 5 nitrogen and oxygen atoms in total. The van der Waals surface area contributed by atoms with Gasteiger partial charge < -0.3 is 0 Å². The molecule has 0 atom stereocenters. The van der Waals surface area contributed by atoms with E-state index in [1.54, 1.807) is 0 Å². The minimum atomic E-state index is 0. The average molecular weight is 708 g/mol. The maximum absolute atomic E-state index is 2.58. The van der Waals surface area contributed by atoms with E-state index in [1.165, 1.54) is 155 Å². The van der Waals surface area contributed by atoms with Gasteiger partial charge >= 0.3 is 0 Å². The van der Waals surface area contributed by atoms with Crippen molar-refractivity contribution in [1.82, 2.24) is 24.5 Å². The molecule has 0 unspecified atom stereocenters. The van der Waals surface area contributed by atoms with Crippen LogP contribution in [0.3, 0.4) is 0 Å². The molecular formula is C45H97N5. The third kappa shape index (κ3) is 22.1. The summed E-state index contributed by atoms with van der Waals surface area (Å²) in [5, 5.41) is 0. The van der Waals surface area contributed by atoms with Crippen LogP contribution in [0, 0.1) is 0 Å². The zero-order valence-corrected chi connectivity index (χ0v) is 36.7. The van der Waals surface area contributed by atoms with Crippen molar-refractivity contribution < 1.29 is 0 Å². The molecule has 5 heteroatoms. The lowest BCUT2D eigenvalue weighted by Gasteiger charge is -2.38. The van der Waals surface area contributed by atoms with Crippen LogP contribution >= 0.6 is 0 Å². The van der Waals surface area contributed by atoms with Crippen LogP contribution in [0.2, 0.25) is 0 Å². The minimum Gasteiger partial charge on any atom is -0.298 e. The Morgan fingerprint density at radius 2 is 0.300 bits per heavy atom. The van der Waals surface area contributed by atoms with Crippen molar-refractivity contribution >= 4 is 0 Å². The highest BCUT2D eigenvalue weighted by molar-refractivity contribution is 4.82. The molecule has 0 amide bonds. The van der Waals surface area contributed by atoms with Gasteiger partial charge in [-0.1, -0.05) is 33.1 Å². The molecule has 0 aromatic carbocycles. The smallest absolute Gasteiger partial charge is 0.0125 e. The van der Waals surface area contributed by atoms with E-state index in [9.17, 15) is 0 Å². The molecule has 5 saturated heterocycles. The highest BCUT2D eigenvalue weighted by Gasteiger charge is 2.25. The van der Waals surface area contributed by atoms with Crippen LogP contribution in [0.1, 0.15) is 201 Å². The summed E-state index contributed by atoms with van der Waals surface area (Å²) in [5.41, 5.74) is 2.03. The second-order valence-corrected chi connectivity index (χ2v) is 20.7. The molecule has 0 aromatic heterocycles. The van der Waals surface area contributed by atoms with Crippen molar-refractivity contribution in [2.45, 2.75) is 229 Å². The van der Waals surface area contributed by atoms with Crippen molar-refractivity contribution in [2.24, 2.45) is 0 Å². The van der Waals surface area contributed by atoms with Gasteiger partial charge in [0.1, 0.15) is 0 Å². The maximum Gasteiger partial charge on any atom is 0.0125 e. The minimum absolute atomic E-state index is 0. The standard InChI is InChI=1S/4C9H19N.C8H17N.CH4/c4*1-9(2,3)10-7-5-4-6-8-10;1-8(2,3)9-6-4-5-7-9;/h4*4-8H2,1-3H3;4-7H2,1-3H3;1H4. The highest BCUT2D eigenvalue weighted by Crippen LogP contribution is 2.22. The van der Waals surface area contributed by atoms with E-state index < -0.39 is 0 Å². The molecule has 0 N–H and O–H groups in total. The summed E-state index contributed by atoms with van der Waals surface area (Å²) in [5.74, 6) is 0. The van der Waals surface area contributed by atoms with E-state index in [0.717, 1.165) is 0 Å². The van der Waals surface area contributed by atoms with Crippen LogP contribution in [0.4, 0.5) is 0 Å². The molecule has 5 aliphatic heterocycles. The quantitative estimate of drug-likeness (QED) is 0.248. The van der Waals surface area contributed by atoms with Gasteiger partial charge in [-0.2, -0.15) is 0 Å². The van der Waals surface area contributed by atoms with Crippen molar-refractivity contribution in [3.05, 3.63) is 0 Å². The topological polar surface area (TPSA) is 16.2 Å². The van der Waals surface area contributed by atoms with Gasteiger partial charge in [-0.15, -0.1) is 0 Å². The summed E-state index contributed by atoms with van der Waals surface area (Å²) in [6.07, 6.45) is 19.7. The predicted octanol–water partition coefficient (Wildman–Crippen LogP) is 11.6. The Bertz CT molecular complexity index is 677. The first-order chi connectivity index (χ1) is 22.5. The number of rotatable bonds is 0. The van der Waals surface area contributed by atoms with Crippen LogP contribution in [-0.4, -0.2) is 118 Å². The Morgan fingerprint density at radius 3 is 0.380 bits per heavy atom. The number of hydrogen-bond donors (Lipinski definition) is 0. The summed E-state index contributed by atoms with van der Waals surface area (Å²) in [6, 6.07) is 0. The van der Waals surface area contributed by atoms with Crippen LogP contribution in [-0.2, 0) is 0 Å². The summed E-state index contributed by atoms with van der Waals surface area (Å²) >= 11 is 0. The van der Waals surface area contributed by atoms with Crippen molar-refractivity contribution in [3.63, 3.8) is 0 Å². The monoisotopic (exact) mass is 708 g/mol. The lowest BCUT2D eigenvalue weighted by atomic mass is 10.0. The maximum atomic E-state index is 2.58. The first kappa shape index (κ1) is 49.8. The number of nitrogens with zero attached hydrogens (tertiary/aromatic N) is 5. The molecule has 5 heterocycles. The molecule has 0 aromatic rings. The zero-order valence-electron chi connectivity index (χ0n) is 36.7. The normalized spacial score (nSPS) is 22.6. The van der Waals surface area contributed by atoms with Gasteiger partial charge in [0.15, 0.2) is 0 Å². The van der Waals surface area contributed by atoms with Crippen molar-refractivity contribution in [2.75, 3.05) is 65.4 Å². The fourth-order valence-corrected chi connectivity index (χ4v) is 7.65. The SMILES string of the molecule is C.CC(C)(C)N1CCCC1.CC(C)(C)N1CCCCC1.CC(C)(C)N1CCCCC1.CC(C)(C)N1CCCCC1.CC(C)(C)N1CCCCC1. The van der Waals surface area contributed by atoms with Crippen LogP contribution in [0.15, 0.2) is 0 Å². The molecule has 5 aliphatic rings. The molecule has 302 valence electrons. The molecular weight excluding hydrogens is 611 g/mol. The molecule has 0 aliphatic carbocycles. The number of likely N-dealkylation sites (tertiary alicyclic amines) is 5. The second kappa shape index (κ2) is 23.6. The lowest BCUT2D eigenvalue weighted by Crippen LogP contribution is -2.44. The van der Waals surface area contributed by atoms with Gasteiger partial charge in [0, 0.05) is 27.7 Å². The first-order valence-corrected chi connectivity index (χ1v) is 21.3. The Morgan fingerprint density at radius 1 is 0.200 bits per heavy atom. The van der Waals surface area contributed by atoms with E-state index in [4.69, 9.17) is 0 Å². The third-order valence-corrected chi connectivity index (χ3v) is 11.3. The molecule has 5 rings (SSSR count). The Balaban J connectivity index is 0.000000598. The highest BCUT2D eigenvalue weighted by atomic mass is 15.2. The van der Waals surface area contributed by atoms with E-state index >= 15 is 0 Å². The number of hydrogen-bond acceptors (Lipinski definition) is 5. The molecule has 0 spiro atoms. The summed E-state index contributed by atoms with van der Waals surface area (Å²) in [7, 11) is 0. The molecule has 5 fully saturated rings. The molecule has 50 heavy (non-hydrogen) atoms. The first-order valence-electron chi connectivity index (χ1n) is 21.3. The largest absolute Gasteiger partial charge is 0.298 e. The van der Waals surface area contributed by atoms with Crippen molar-refractivity contribution in [3.8, 4) is 0 Å². The average Bonchev–Trinajstić information content (AvgIpc) is 3.59. The van der Waals surface area contributed by atoms with E-state index in [0.29, 0.717) is 27.7 Å². The zero-order chi connectivity index (χ0) is 37.4. The van der Waals surface area contributed by atoms with Crippen LogP contribution in [0.25, 0.3) is 0 Å². The van der Waals surface area contributed by atoms with E-state index in [-0.39, 0.29) is 7.43 Å². The fraction of sp³-hybridized carbons (Fsp3) is 1.00. The number of piperidine rings is 4. The van der Waals surface area contributed by atoms with Crippen molar-refractivity contribution in [1.29, 1.82) is 0 Å². The van der Waals surface area contributed by atoms with Crippen LogP contribution < -0.4 is 0 Å². The van der Waals surface area contributed by atoms with Gasteiger partial charge in [-0.05, 0) is 234 Å². The van der Waals surface area contributed by atoms with Gasteiger partial charge in [0.25, 0.3) is 0 Å². The Hall–Kier alpha value is -0.200. The summed E-state index contributed by atoms with van der Waals surface area (Å²) < 4.78 is 0. The predicted molar refractivity (Wildman–Crippen MR) is 228 cm³/mol. The Labute approximate surface area is 318 Å². The van der Waals surface area contributed by atoms with Gasteiger partial charge in [-0.25, -0.2) is 0 Å². The molecule has 0 radical (unpaired) electrons. The Kier molecular flexibility index (Phi) is 23.5.